The number of ether oxygens (including phenoxy) is 2. The summed E-state index contributed by atoms with van der Waals surface area (Å²) in [5.41, 5.74) is 2.65. The van der Waals surface area contributed by atoms with Gasteiger partial charge in [0.05, 0.1) is 17.8 Å². The minimum absolute atomic E-state index is 0.0809. The second-order valence-corrected chi connectivity index (χ2v) is 9.18. The van der Waals surface area contributed by atoms with Crippen molar-refractivity contribution in [3.8, 4) is 11.1 Å². The minimum atomic E-state index is -0.771. The van der Waals surface area contributed by atoms with Gasteiger partial charge in [0.2, 0.25) is 0 Å². The summed E-state index contributed by atoms with van der Waals surface area (Å²) in [6.07, 6.45) is 7.03. The van der Waals surface area contributed by atoms with E-state index in [9.17, 15) is 15.0 Å². The highest BCUT2D eigenvalue weighted by atomic mass is 16.6. The van der Waals surface area contributed by atoms with Crippen LogP contribution in [-0.4, -0.2) is 40.8 Å². The number of hydrogen-bond acceptors (Lipinski definition) is 5. The van der Waals surface area contributed by atoms with Crippen molar-refractivity contribution in [1.29, 1.82) is 0 Å². The second kappa shape index (κ2) is 11.1. The molecule has 6 atom stereocenters. The molecule has 1 aliphatic heterocycles. The number of carbonyl (C=O) groups excluding carboxylic acids is 1. The quantitative estimate of drug-likeness (QED) is 0.315. The maximum absolute atomic E-state index is 12.9. The molecule has 0 radical (unpaired) electrons. The summed E-state index contributed by atoms with van der Waals surface area (Å²) in [7, 11) is 0. The largest absolute Gasteiger partial charge is 0.458 e. The van der Waals surface area contributed by atoms with Crippen LogP contribution in [0.25, 0.3) is 11.1 Å². The molecule has 2 aromatic rings. The van der Waals surface area contributed by atoms with Crippen LogP contribution in [0.4, 0.5) is 0 Å². The third-order valence-electron chi connectivity index (χ3n) is 6.82. The molecule has 2 aromatic carbocycles. The smallest absolute Gasteiger partial charge is 0.338 e. The first-order valence-electron chi connectivity index (χ1n) is 12.1. The van der Waals surface area contributed by atoms with Crippen LogP contribution < -0.4 is 0 Å². The standard InChI is InChI=1S/C28H34O5/c1-2-3-5-10-22(29)15-16-23-24-17-27(30)32-26(24)18-25(23)33-28(31)21-13-11-20(12-14-21)19-8-6-4-7-9-19/h4,6-9,11-16,22-27,29-30H,2-3,5,10,17-18H2,1H3/t22-,23+,24?,25+,26?,27?/m0/s1. The van der Waals surface area contributed by atoms with Gasteiger partial charge in [-0.05, 0) is 35.6 Å². The van der Waals surface area contributed by atoms with E-state index in [1.54, 1.807) is 12.1 Å². The van der Waals surface area contributed by atoms with E-state index in [2.05, 4.69) is 6.92 Å². The van der Waals surface area contributed by atoms with Gasteiger partial charge < -0.3 is 19.7 Å². The molecule has 4 rings (SSSR count). The Morgan fingerprint density at radius 2 is 1.82 bits per heavy atom. The number of fused-ring (bicyclic) bond motifs is 1. The lowest BCUT2D eigenvalue weighted by atomic mass is 9.91. The Labute approximate surface area is 196 Å². The van der Waals surface area contributed by atoms with Crippen molar-refractivity contribution in [1.82, 2.24) is 0 Å². The molecule has 0 amide bonds. The van der Waals surface area contributed by atoms with Crippen LogP contribution in [0, 0.1) is 11.8 Å². The van der Waals surface area contributed by atoms with Crippen LogP contribution in [0.2, 0.25) is 0 Å². The van der Waals surface area contributed by atoms with E-state index in [1.807, 2.05) is 54.6 Å². The highest BCUT2D eigenvalue weighted by Gasteiger charge is 2.50. The predicted molar refractivity (Wildman–Crippen MR) is 127 cm³/mol. The molecule has 5 nitrogen and oxygen atoms in total. The van der Waals surface area contributed by atoms with Crippen LogP contribution in [-0.2, 0) is 9.47 Å². The van der Waals surface area contributed by atoms with E-state index in [0.29, 0.717) is 18.4 Å². The third kappa shape index (κ3) is 5.91. The molecule has 0 spiro atoms. The van der Waals surface area contributed by atoms with Gasteiger partial charge >= 0.3 is 5.97 Å². The molecule has 33 heavy (non-hydrogen) atoms. The van der Waals surface area contributed by atoms with E-state index in [1.165, 1.54) is 0 Å². The van der Waals surface area contributed by atoms with Crippen molar-refractivity contribution in [2.24, 2.45) is 11.8 Å². The number of unbranched alkanes of at least 4 members (excludes halogenated alkanes) is 2. The zero-order chi connectivity index (χ0) is 23.2. The van der Waals surface area contributed by atoms with Gasteiger partial charge in [-0.1, -0.05) is 80.8 Å². The summed E-state index contributed by atoms with van der Waals surface area (Å²) in [4.78, 5) is 12.9. The lowest BCUT2D eigenvalue weighted by molar-refractivity contribution is -0.0955. The fraction of sp³-hybridized carbons (Fsp3) is 0.464. The molecule has 3 unspecified atom stereocenters. The summed E-state index contributed by atoms with van der Waals surface area (Å²) >= 11 is 0. The van der Waals surface area contributed by atoms with Crippen molar-refractivity contribution in [2.75, 3.05) is 0 Å². The summed E-state index contributed by atoms with van der Waals surface area (Å²) in [5, 5.41) is 20.3. The fourth-order valence-electron chi connectivity index (χ4n) is 5.02. The Hall–Kier alpha value is -2.47. The van der Waals surface area contributed by atoms with Crippen molar-refractivity contribution in [3.05, 3.63) is 72.3 Å². The van der Waals surface area contributed by atoms with Gasteiger partial charge in [0.1, 0.15) is 6.10 Å². The summed E-state index contributed by atoms with van der Waals surface area (Å²) in [6, 6.07) is 17.5. The maximum Gasteiger partial charge on any atom is 0.338 e. The van der Waals surface area contributed by atoms with Crippen LogP contribution >= 0.6 is 0 Å². The molecule has 2 N–H and O–H groups in total. The Bertz CT molecular complexity index is 923. The minimum Gasteiger partial charge on any atom is -0.458 e. The second-order valence-electron chi connectivity index (χ2n) is 9.18. The van der Waals surface area contributed by atoms with Gasteiger partial charge in [-0.3, -0.25) is 0 Å². The predicted octanol–water partition coefficient (Wildman–Crippen LogP) is 5.12. The molecule has 176 valence electrons. The van der Waals surface area contributed by atoms with E-state index < -0.39 is 12.4 Å². The number of esters is 1. The number of aliphatic hydroxyl groups is 2. The van der Waals surface area contributed by atoms with Gasteiger partial charge in [-0.25, -0.2) is 4.79 Å². The van der Waals surface area contributed by atoms with E-state index in [-0.39, 0.29) is 30.0 Å². The molecule has 2 aliphatic rings. The average molecular weight is 451 g/mol. The SMILES string of the molecule is CCCCC[C@H](O)C=C[C@@H]1C2CC(O)OC2C[C@H]1OC(=O)c1ccc(-c2ccccc2)cc1. The highest BCUT2D eigenvalue weighted by Crippen LogP contribution is 2.45. The molecule has 1 saturated heterocycles. The average Bonchev–Trinajstić information content (AvgIpc) is 3.33. The van der Waals surface area contributed by atoms with Crippen molar-refractivity contribution in [2.45, 2.75) is 70.1 Å². The topological polar surface area (TPSA) is 76.0 Å². The molecule has 1 heterocycles. The van der Waals surface area contributed by atoms with Crippen molar-refractivity contribution >= 4 is 5.97 Å². The highest BCUT2D eigenvalue weighted by molar-refractivity contribution is 5.90. The number of benzene rings is 2. The molecule has 2 fully saturated rings. The van der Waals surface area contributed by atoms with Gasteiger partial charge in [0.25, 0.3) is 0 Å². The van der Waals surface area contributed by atoms with Crippen LogP contribution in [0.3, 0.4) is 0 Å². The number of rotatable bonds is 9. The van der Waals surface area contributed by atoms with Crippen LogP contribution in [0.15, 0.2) is 66.7 Å². The number of hydrogen-bond donors (Lipinski definition) is 2. The molecule has 0 bridgehead atoms. The number of aliphatic hydroxyl groups excluding tert-OH is 2. The van der Waals surface area contributed by atoms with Crippen molar-refractivity contribution < 1.29 is 24.5 Å². The lowest BCUT2D eigenvalue weighted by Gasteiger charge is -2.21. The molecular weight excluding hydrogens is 416 g/mol. The fourth-order valence-corrected chi connectivity index (χ4v) is 5.02. The van der Waals surface area contributed by atoms with E-state index >= 15 is 0 Å². The molecular formula is C28H34O5. The summed E-state index contributed by atoms with van der Waals surface area (Å²) in [6.45, 7) is 2.14. The molecule has 1 saturated carbocycles. The van der Waals surface area contributed by atoms with Gasteiger partial charge in [-0.15, -0.1) is 0 Å². The molecule has 0 aromatic heterocycles. The van der Waals surface area contributed by atoms with Gasteiger partial charge in [0, 0.05) is 18.8 Å². The van der Waals surface area contributed by atoms with Crippen LogP contribution in [0.1, 0.15) is 55.8 Å². The Kier molecular flexibility index (Phi) is 7.97. The summed E-state index contributed by atoms with van der Waals surface area (Å²) < 4.78 is 11.6. The molecule has 5 heteroatoms. The van der Waals surface area contributed by atoms with Crippen molar-refractivity contribution in [3.63, 3.8) is 0 Å². The Balaban J connectivity index is 1.42. The first kappa shape index (κ1) is 23.7. The Morgan fingerprint density at radius 3 is 2.55 bits per heavy atom. The van der Waals surface area contributed by atoms with Crippen LogP contribution in [0.5, 0.6) is 0 Å². The Morgan fingerprint density at radius 1 is 1.09 bits per heavy atom. The summed E-state index contributed by atoms with van der Waals surface area (Å²) in [5.74, 6) is -0.361. The van der Waals surface area contributed by atoms with E-state index in [4.69, 9.17) is 9.47 Å². The van der Waals surface area contributed by atoms with Gasteiger partial charge in [0.15, 0.2) is 6.29 Å². The lowest BCUT2D eigenvalue weighted by Crippen LogP contribution is -2.25. The monoisotopic (exact) mass is 450 g/mol. The zero-order valence-corrected chi connectivity index (χ0v) is 19.2. The third-order valence-corrected chi connectivity index (χ3v) is 6.82. The maximum atomic E-state index is 12.9. The molecule has 1 aliphatic carbocycles. The van der Waals surface area contributed by atoms with E-state index in [0.717, 1.165) is 36.8 Å². The first-order valence-corrected chi connectivity index (χ1v) is 12.1. The zero-order valence-electron chi connectivity index (χ0n) is 19.2. The number of carbonyl (C=O) groups is 1. The first-order chi connectivity index (χ1) is 16.0. The van der Waals surface area contributed by atoms with Gasteiger partial charge in [-0.2, -0.15) is 0 Å². The normalized spacial score (nSPS) is 27.5.